The van der Waals surface area contributed by atoms with Gasteiger partial charge in [-0.25, -0.2) is 0 Å². The largest absolute Gasteiger partial charge is 0.262 e. The van der Waals surface area contributed by atoms with Crippen molar-refractivity contribution in [1.29, 1.82) is 0 Å². The quantitative estimate of drug-likeness (QED) is 0.607. The van der Waals surface area contributed by atoms with Crippen molar-refractivity contribution in [3.8, 4) is 0 Å². The first-order valence-corrected chi connectivity index (χ1v) is 3.87. The minimum Gasteiger partial charge on any atom is -0.262 e. The summed E-state index contributed by atoms with van der Waals surface area (Å²) >= 11 is 7.21. The molecule has 10 heavy (non-hydrogen) atoms. The van der Waals surface area contributed by atoms with Crippen LogP contribution in [0.1, 0.15) is 0 Å². The third-order valence-corrected chi connectivity index (χ3v) is 2.27. The van der Waals surface area contributed by atoms with Crippen LogP contribution in [-0.4, -0.2) is 9.36 Å². The Morgan fingerprint density at radius 1 is 1.30 bits per heavy atom. The van der Waals surface area contributed by atoms with Crippen molar-refractivity contribution in [2.24, 2.45) is 0 Å². The third kappa shape index (κ3) is 0.786. The van der Waals surface area contributed by atoms with Gasteiger partial charge in [-0.15, -0.1) is 0 Å². The number of nitrogens with zero attached hydrogens (tertiary/aromatic N) is 2. The maximum absolute atomic E-state index is 5.80. The zero-order valence-corrected chi connectivity index (χ0v) is 6.49. The first kappa shape index (κ1) is 6.07. The Morgan fingerprint density at radius 3 is 3.00 bits per heavy atom. The monoisotopic (exact) mass is 170 g/mol. The SMILES string of the molecule is Clc1cncc2sncc12. The van der Waals surface area contributed by atoms with Crippen molar-refractivity contribution in [3.05, 3.63) is 23.6 Å². The van der Waals surface area contributed by atoms with E-state index in [1.807, 2.05) is 0 Å². The number of pyridine rings is 1. The first-order chi connectivity index (χ1) is 4.88. The molecule has 0 bridgehead atoms. The Hall–Kier alpha value is -0.670. The molecule has 0 aromatic carbocycles. The van der Waals surface area contributed by atoms with E-state index in [4.69, 9.17) is 11.6 Å². The van der Waals surface area contributed by atoms with E-state index in [-0.39, 0.29) is 0 Å². The number of fused-ring (bicyclic) bond motifs is 1. The van der Waals surface area contributed by atoms with Crippen LogP contribution >= 0.6 is 23.1 Å². The molecule has 2 nitrogen and oxygen atoms in total. The van der Waals surface area contributed by atoms with E-state index < -0.39 is 0 Å². The molecule has 0 atom stereocenters. The van der Waals surface area contributed by atoms with Crippen molar-refractivity contribution in [2.45, 2.75) is 0 Å². The number of halogens is 1. The highest BCUT2D eigenvalue weighted by Crippen LogP contribution is 2.23. The molecule has 2 aromatic heterocycles. The van der Waals surface area contributed by atoms with Crippen LogP contribution in [0.5, 0.6) is 0 Å². The smallest absolute Gasteiger partial charge is 0.0748 e. The lowest BCUT2D eigenvalue weighted by Crippen LogP contribution is -1.69. The second-order valence-corrected chi connectivity index (χ2v) is 3.10. The molecule has 2 aromatic rings. The van der Waals surface area contributed by atoms with Crippen molar-refractivity contribution in [1.82, 2.24) is 9.36 Å². The van der Waals surface area contributed by atoms with Gasteiger partial charge in [0.15, 0.2) is 0 Å². The highest BCUT2D eigenvalue weighted by Gasteiger charge is 1.98. The van der Waals surface area contributed by atoms with Crippen molar-refractivity contribution in [2.75, 3.05) is 0 Å². The van der Waals surface area contributed by atoms with E-state index in [1.54, 1.807) is 18.6 Å². The van der Waals surface area contributed by atoms with Gasteiger partial charge in [-0.2, -0.15) is 4.37 Å². The Labute approximate surface area is 66.6 Å². The topological polar surface area (TPSA) is 25.8 Å². The number of rotatable bonds is 0. The average molecular weight is 171 g/mol. The lowest BCUT2D eigenvalue weighted by atomic mass is 10.4. The van der Waals surface area contributed by atoms with Crippen LogP contribution in [0.25, 0.3) is 10.1 Å². The van der Waals surface area contributed by atoms with E-state index in [0.717, 1.165) is 10.1 Å². The molecule has 0 aliphatic carbocycles. The Balaban J connectivity index is 2.95. The Kier molecular flexibility index (Phi) is 1.32. The van der Waals surface area contributed by atoms with Crippen molar-refractivity contribution in [3.63, 3.8) is 0 Å². The van der Waals surface area contributed by atoms with Gasteiger partial charge in [0, 0.05) is 17.8 Å². The minimum absolute atomic E-state index is 0.672. The molecule has 2 heterocycles. The zero-order valence-electron chi connectivity index (χ0n) is 4.91. The second-order valence-electron chi connectivity index (χ2n) is 1.86. The van der Waals surface area contributed by atoms with Gasteiger partial charge in [0.2, 0.25) is 0 Å². The molecule has 0 unspecified atom stereocenters. The molecule has 0 spiro atoms. The fourth-order valence-electron chi connectivity index (χ4n) is 0.761. The van der Waals surface area contributed by atoms with E-state index >= 15 is 0 Å². The molecule has 0 amide bonds. The average Bonchev–Trinajstić information content (AvgIpc) is 2.36. The molecule has 0 saturated heterocycles. The highest BCUT2D eigenvalue weighted by atomic mass is 35.5. The van der Waals surface area contributed by atoms with E-state index in [1.165, 1.54) is 11.5 Å². The molecule has 0 aliphatic heterocycles. The van der Waals surface area contributed by atoms with Gasteiger partial charge in [-0.3, -0.25) is 4.98 Å². The van der Waals surface area contributed by atoms with Gasteiger partial charge in [-0.05, 0) is 11.5 Å². The van der Waals surface area contributed by atoms with Crippen LogP contribution in [0.3, 0.4) is 0 Å². The Bertz CT molecular complexity index is 357. The van der Waals surface area contributed by atoms with Gasteiger partial charge in [0.25, 0.3) is 0 Å². The first-order valence-electron chi connectivity index (χ1n) is 2.72. The summed E-state index contributed by atoms with van der Waals surface area (Å²) in [5, 5.41) is 1.66. The highest BCUT2D eigenvalue weighted by molar-refractivity contribution is 7.13. The fourth-order valence-corrected chi connectivity index (χ4v) is 1.66. The van der Waals surface area contributed by atoms with Gasteiger partial charge in [-0.1, -0.05) is 11.6 Å². The summed E-state index contributed by atoms with van der Waals surface area (Å²) in [7, 11) is 0. The maximum Gasteiger partial charge on any atom is 0.0748 e. The summed E-state index contributed by atoms with van der Waals surface area (Å²) in [6.45, 7) is 0. The molecular formula is C6H3ClN2S. The molecule has 4 heteroatoms. The van der Waals surface area contributed by atoms with Crippen molar-refractivity contribution >= 4 is 33.2 Å². The van der Waals surface area contributed by atoms with Gasteiger partial charge in [0.1, 0.15) is 0 Å². The minimum atomic E-state index is 0.672. The predicted molar refractivity (Wildman–Crippen MR) is 42.4 cm³/mol. The third-order valence-electron chi connectivity index (χ3n) is 1.24. The summed E-state index contributed by atoms with van der Waals surface area (Å²) in [4.78, 5) is 3.92. The van der Waals surface area contributed by atoms with E-state index in [9.17, 15) is 0 Å². The Morgan fingerprint density at radius 2 is 2.20 bits per heavy atom. The number of hydrogen-bond acceptors (Lipinski definition) is 3. The molecule has 0 fully saturated rings. The van der Waals surface area contributed by atoms with Crippen LogP contribution in [-0.2, 0) is 0 Å². The standard InChI is InChI=1S/C6H3ClN2S/c7-5-2-8-3-6-4(5)1-9-10-6/h1-3H. The molecule has 0 saturated carbocycles. The number of aromatic nitrogens is 2. The molecule has 0 aliphatic rings. The van der Waals surface area contributed by atoms with Crippen LogP contribution in [0.15, 0.2) is 18.6 Å². The summed E-state index contributed by atoms with van der Waals surface area (Å²) in [6.07, 6.45) is 5.14. The number of hydrogen-bond donors (Lipinski definition) is 0. The zero-order chi connectivity index (χ0) is 6.97. The lowest BCUT2D eigenvalue weighted by Gasteiger charge is -1.87. The van der Waals surface area contributed by atoms with E-state index in [0.29, 0.717) is 5.02 Å². The second kappa shape index (κ2) is 2.18. The summed E-state index contributed by atoms with van der Waals surface area (Å²) in [6, 6.07) is 0. The van der Waals surface area contributed by atoms with Gasteiger partial charge in [0.05, 0.1) is 15.9 Å². The molecular weight excluding hydrogens is 168 g/mol. The van der Waals surface area contributed by atoms with Crippen LogP contribution < -0.4 is 0 Å². The predicted octanol–water partition coefficient (Wildman–Crippen LogP) is 2.34. The molecule has 0 radical (unpaired) electrons. The van der Waals surface area contributed by atoms with Crippen LogP contribution in [0.2, 0.25) is 5.02 Å². The summed E-state index contributed by atoms with van der Waals surface area (Å²) in [5.41, 5.74) is 0. The summed E-state index contributed by atoms with van der Waals surface area (Å²) < 4.78 is 5.01. The summed E-state index contributed by atoms with van der Waals surface area (Å²) in [5.74, 6) is 0. The normalized spacial score (nSPS) is 10.5. The maximum atomic E-state index is 5.80. The van der Waals surface area contributed by atoms with Crippen molar-refractivity contribution < 1.29 is 0 Å². The van der Waals surface area contributed by atoms with E-state index in [2.05, 4.69) is 9.36 Å². The molecule has 50 valence electrons. The lowest BCUT2D eigenvalue weighted by molar-refractivity contribution is 1.37. The fraction of sp³-hybridized carbons (Fsp3) is 0. The van der Waals surface area contributed by atoms with Crippen LogP contribution in [0, 0.1) is 0 Å². The molecule has 0 N–H and O–H groups in total. The van der Waals surface area contributed by atoms with Crippen LogP contribution in [0.4, 0.5) is 0 Å². The van der Waals surface area contributed by atoms with Gasteiger partial charge >= 0.3 is 0 Å². The van der Waals surface area contributed by atoms with Gasteiger partial charge < -0.3 is 0 Å². The molecule has 2 rings (SSSR count).